The van der Waals surface area contributed by atoms with E-state index in [9.17, 15) is 9.50 Å². The van der Waals surface area contributed by atoms with E-state index in [1.165, 1.54) is 0 Å². The van der Waals surface area contributed by atoms with Crippen LogP contribution in [0.5, 0.6) is 0 Å². The zero-order valence-corrected chi connectivity index (χ0v) is 10.3. The molecule has 7 heteroatoms. The van der Waals surface area contributed by atoms with Gasteiger partial charge in [0.15, 0.2) is 11.6 Å². The lowest BCUT2D eigenvalue weighted by Gasteiger charge is -2.34. The number of aliphatic hydroxyl groups excluding tert-OH is 1. The van der Waals surface area contributed by atoms with E-state index in [1.807, 2.05) is 4.90 Å². The molecule has 100 valence electrons. The van der Waals surface area contributed by atoms with Crippen molar-refractivity contribution >= 4 is 11.8 Å². The normalized spacial score (nSPS) is 18.8. The molecule has 1 saturated heterocycles. The van der Waals surface area contributed by atoms with Gasteiger partial charge < -0.3 is 10.0 Å². The number of aliphatic hydroxyl groups is 1. The van der Waals surface area contributed by atoms with Crippen LogP contribution in [0, 0.1) is 11.7 Å². The summed E-state index contributed by atoms with van der Waals surface area (Å²) in [4.78, 5) is 9.59. The van der Waals surface area contributed by atoms with Crippen LogP contribution < -0.4 is 16.2 Å². The van der Waals surface area contributed by atoms with Crippen LogP contribution in [-0.4, -0.2) is 34.3 Å². The summed E-state index contributed by atoms with van der Waals surface area (Å²) in [5.41, 5.74) is 2.31. The molecule has 1 fully saturated rings. The second kappa shape index (κ2) is 5.45. The number of rotatable bonds is 3. The van der Waals surface area contributed by atoms with Crippen molar-refractivity contribution in [3.8, 4) is 0 Å². The Balaban J connectivity index is 2.09. The van der Waals surface area contributed by atoms with E-state index in [1.54, 1.807) is 6.92 Å². The van der Waals surface area contributed by atoms with E-state index >= 15 is 0 Å². The molecule has 1 aliphatic heterocycles. The standard InChI is InChI=1S/C11H18FN5O/c1-7(18)8-2-4-17(5-3-8)10-9(12)6-14-11(15-10)16-13/h6-8,18H,2-5,13H2,1H3,(H,14,15,16). The molecule has 6 nitrogen and oxygen atoms in total. The summed E-state index contributed by atoms with van der Waals surface area (Å²) in [5, 5.41) is 9.53. The summed E-state index contributed by atoms with van der Waals surface area (Å²) in [6.45, 7) is 3.14. The lowest BCUT2D eigenvalue weighted by molar-refractivity contribution is 0.109. The maximum atomic E-state index is 13.7. The van der Waals surface area contributed by atoms with Gasteiger partial charge in [-0.1, -0.05) is 0 Å². The zero-order valence-electron chi connectivity index (χ0n) is 10.3. The van der Waals surface area contributed by atoms with Gasteiger partial charge in [-0.3, -0.25) is 5.43 Å². The van der Waals surface area contributed by atoms with Gasteiger partial charge in [0.05, 0.1) is 12.3 Å². The largest absolute Gasteiger partial charge is 0.393 e. The van der Waals surface area contributed by atoms with Gasteiger partial charge >= 0.3 is 0 Å². The molecule has 0 bridgehead atoms. The summed E-state index contributed by atoms with van der Waals surface area (Å²) in [6, 6.07) is 0. The monoisotopic (exact) mass is 255 g/mol. The fourth-order valence-electron chi connectivity index (χ4n) is 2.24. The highest BCUT2D eigenvalue weighted by atomic mass is 19.1. The number of nitrogens with one attached hydrogen (secondary N) is 1. The van der Waals surface area contributed by atoms with Crippen molar-refractivity contribution in [2.45, 2.75) is 25.9 Å². The number of hydrogen-bond donors (Lipinski definition) is 3. The minimum atomic E-state index is -0.454. The molecule has 0 saturated carbocycles. The van der Waals surface area contributed by atoms with Gasteiger partial charge in [0.25, 0.3) is 0 Å². The van der Waals surface area contributed by atoms with Crippen LogP contribution in [-0.2, 0) is 0 Å². The number of nitrogens with two attached hydrogens (primary N) is 1. The molecule has 1 aromatic heterocycles. The second-order valence-corrected chi connectivity index (χ2v) is 4.57. The van der Waals surface area contributed by atoms with Gasteiger partial charge in [-0.15, -0.1) is 0 Å². The van der Waals surface area contributed by atoms with Gasteiger partial charge in [-0.2, -0.15) is 4.98 Å². The third-order valence-electron chi connectivity index (χ3n) is 3.38. The summed E-state index contributed by atoms with van der Waals surface area (Å²) >= 11 is 0. The van der Waals surface area contributed by atoms with E-state index in [0.29, 0.717) is 13.1 Å². The molecule has 18 heavy (non-hydrogen) atoms. The first-order chi connectivity index (χ1) is 8.61. The van der Waals surface area contributed by atoms with E-state index in [4.69, 9.17) is 5.84 Å². The topological polar surface area (TPSA) is 87.3 Å². The van der Waals surface area contributed by atoms with Crippen LogP contribution in [0.2, 0.25) is 0 Å². The summed E-state index contributed by atoms with van der Waals surface area (Å²) in [6.07, 6.45) is 2.45. The predicted molar refractivity (Wildman–Crippen MR) is 66.4 cm³/mol. The number of hydrazine groups is 1. The molecule has 0 amide bonds. The summed E-state index contributed by atoms with van der Waals surface area (Å²) in [5.74, 6) is 5.50. The van der Waals surface area contributed by atoms with Gasteiger partial charge in [0, 0.05) is 13.1 Å². The molecule has 0 aromatic carbocycles. The van der Waals surface area contributed by atoms with Gasteiger partial charge in [0.1, 0.15) is 0 Å². The SMILES string of the molecule is CC(O)C1CCN(c2nc(NN)ncc2F)CC1. The Morgan fingerprint density at radius 2 is 2.22 bits per heavy atom. The number of nitrogen functional groups attached to an aromatic ring is 1. The number of hydrogen-bond acceptors (Lipinski definition) is 6. The van der Waals surface area contributed by atoms with E-state index < -0.39 is 5.82 Å². The molecule has 2 heterocycles. The average molecular weight is 255 g/mol. The van der Waals surface area contributed by atoms with Crippen molar-refractivity contribution in [2.24, 2.45) is 11.8 Å². The fraction of sp³-hybridized carbons (Fsp3) is 0.636. The smallest absolute Gasteiger partial charge is 0.239 e. The molecule has 0 spiro atoms. The first-order valence-electron chi connectivity index (χ1n) is 6.04. The third-order valence-corrected chi connectivity index (χ3v) is 3.38. The molecular formula is C11H18FN5O. The van der Waals surface area contributed by atoms with Gasteiger partial charge in [0.2, 0.25) is 5.95 Å². The lowest BCUT2D eigenvalue weighted by Crippen LogP contribution is -2.38. The maximum Gasteiger partial charge on any atom is 0.239 e. The van der Waals surface area contributed by atoms with Crippen molar-refractivity contribution in [1.82, 2.24) is 9.97 Å². The van der Waals surface area contributed by atoms with Gasteiger partial charge in [-0.25, -0.2) is 15.2 Å². The van der Waals surface area contributed by atoms with Crippen LogP contribution in [0.25, 0.3) is 0 Å². The first kappa shape index (κ1) is 13.0. The minimum absolute atomic E-state index is 0.198. The molecule has 1 aromatic rings. The van der Waals surface area contributed by atoms with Crippen molar-refractivity contribution in [2.75, 3.05) is 23.4 Å². The number of nitrogens with zero attached hydrogens (tertiary/aromatic N) is 3. The first-order valence-corrected chi connectivity index (χ1v) is 6.04. The Kier molecular flexibility index (Phi) is 3.93. The highest BCUT2D eigenvalue weighted by Crippen LogP contribution is 2.25. The molecule has 0 aliphatic carbocycles. The molecular weight excluding hydrogens is 237 g/mol. The van der Waals surface area contributed by atoms with E-state index in [2.05, 4.69) is 15.4 Å². The van der Waals surface area contributed by atoms with Crippen molar-refractivity contribution in [1.29, 1.82) is 0 Å². The maximum absolute atomic E-state index is 13.7. The summed E-state index contributed by atoms with van der Waals surface area (Å²) in [7, 11) is 0. The number of anilines is 2. The Morgan fingerprint density at radius 1 is 1.56 bits per heavy atom. The van der Waals surface area contributed by atoms with Gasteiger partial charge in [-0.05, 0) is 25.7 Å². The Morgan fingerprint density at radius 3 is 2.78 bits per heavy atom. The Labute approximate surface area is 105 Å². The highest BCUT2D eigenvalue weighted by Gasteiger charge is 2.25. The molecule has 4 N–H and O–H groups in total. The number of piperidine rings is 1. The number of halogens is 1. The number of aromatic nitrogens is 2. The van der Waals surface area contributed by atoms with Crippen LogP contribution in [0.3, 0.4) is 0 Å². The van der Waals surface area contributed by atoms with Crippen molar-refractivity contribution in [3.63, 3.8) is 0 Å². The van der Waals surface area contributed by atoms with Crippen molar-refractivity contribution in [3.05, 3.63) is 12.0 Å². The van der Waals surface area contributed by atoms with E-state index in [0.717, 1.165) is 19.0 Å². The van der Waals surface area contributed by atoms with Crippen LogP contribution in [0.1, 0.15) is 19.8 Å². The molecule has 1 aliphatic rings. The second-order valence-electron chi connectivity index (χ2n) is 4.57. The van der Waals surface area contributed by atoms with Crippen LogP contribution in [0.4, 0.5) is 16.2 Å². The fourth-order valence-corrected chi connectivity index (χ4v) is 2.24. The summed E-state index contributed by atoms with van der Waals surface area (Å²) < 4.78 is 13.7. The van der Waals surface area contributed by atoms with Crippen LogP contribution >= 0.6 is 0 Å². The lowest BCUT2D eigenvalue weighted by atomic mass is 9.92. The van der Waals surface area contributed by atoms with Crippen molar-refractivity contribution < 1.29 is 9.50 Å². The zero-order chi connectivity index (χ0) is 13.1. The van der Waals surface area contributed by atoms with E-state index in [-0.39, 0.29) is 23.8 Å². The minimum Gasteiger partial charge on any atom is -0.393 e. The molecule has 1 atom stereocenters. The predicted octanol–water partition coefficient (Wildman–Crippen LogP) is 0.498. The quantitative estimate of drug-likeness (QED) is 0.538. The average Bonchev–Trinajstić information content (AvgIpc) is 2.39. The van der Waals surface area contributed by atoms with Crippen LogP contribution in [0.15, 0.2) is 6.20 Å². The Hall–Kier alpha value is -1.47. The Bertz CT molecular complexity index is 406. The highest BCUT2D eigenvalue weighted by molar-refractivity contribution is 5.43. The molecule has 2 rings (SSSR count). The third kappa shape index (κ3) is 2.68. The molecule has 1 unspecified atom stereocenters. The molecule has 0 radical (unpaired) electrons.